The summed E-state index contributed by atoms with van der Waals surface area (Å²) in [5, 5.41) is 3.54. The number of anilines is 3. The van der Waals surface area contributed by atoms with E-state index in [1.807, 2.05) is 52.8 Å². The van der Waals surface area contributed by atoms with Crippen molar-refractivity contribution in [3.8, 4) is 0 Å². The standard InChI is InChI=1S/C31H42N5O2.C18H25FO2.C9H20.C5H10.C3H8/c1-21-18-35(19-21)24-11-12-26-28(17-24)34(3)31(33-26)10-8-7-9-29(37)23-15-22(2)32-27(16-23)25-20-36(4,5)14-13-30(25)38-6;1-6-12(3)18(21)15(8-7-14(5)20)17-13(4)9-11(2)10-16(17)19;1-4-6-8-9(3)7-5-2;1-2-4-5-3-1;1-3-2/h10-12,15-17,21,33H,7-9,13-14,18-20H2,1-6H3;9-10,12,15H,6-8H2,1-5H3;9H,4-8H2,1-3H3;1-5H2;3H2,1-2H3/q+1;;;;/b31-10-;;;;. The van der Waals surface area contributed by atoms with Crippen LogP contribution in [0.15, 0.2) is 60.1 Å². The third kappa shape index (κ3) is 21.2. The summed E-state index contributed by atoms with van der Waals surface area (Å²) in [5.74, 6) is 3.07. The van der Waals surface area contributed by atoms with Crippen LogP contribution in [-0.2, 0) is 14.3 Å². The van der Waals surface area contributed by atoms with Gasteiger partial charge in [0.25, 0.3) is 0 Å². The SMILES string of the molecule is C1CCCC1.CCC.CCC(C)C(=O)C(CCC(C)=O)c1c(C)cc(C)cc1F.CCCCC(C)CCC.COC1=C(c2cc(C(=O)CCC/C=C3/Nc4ccc(N5CC(C)C5)cc4N3C)cc(C)n2)C[N+](C)(C)CC1. The predicted octanol–water partition coefficient (Wildman–Crippen LogP) is 16.9. The van der Waals surface area contributed by atoms with Gasteiger partial charge in [0.15, 0.2) is 5.78 Å². The molecule has 4 aliphatic rings. The van der Waals surface area contributed by atoms with Crippen molar-refractivity contribution in [2.45, 2.75) is 205 Å². The van der Waals surface area contributed by atoms with Gasteiger partial charge in [0.1, 0.15) is 35.5 Å². The number of hydrogen-bond donors (Lipinski definition) is 1. The molecule has 2 aromatic carbocycles. The van der Waals surface area contributed by atoms with Crippen molar-refractivity contribution in [2.75, 3.05) is 69.5 Å². The minimum atomic E-state index is -0.524. The first kappa shape index (κ1) is 65.5. The highest BCUT2D eigenvalue weighted by atomic mass is 19.1. The Bertz CT molecular complexity index is 2310. The molecule has 76 heavy (non-hydrogen) atoms. The van der Waals surface area contributed by atoms with Gasteiger partial charge in [-0.3, -0.25) is 14.6 Å². The number of aromatic nitrogens is 1. The van der Waals surface area contributed by atoms with Crippen LogP contribution in [0.1, 0.15) is 222 Å². The number of nitrogens with zero attached hydrogens (tertiary/aromatic N) is 4. The maximum atomic E-state index is 14.4. The summed E-state index contributed by atoms with van der Waals surface area (Å²) < 4.78 is 21.0. The first-order valence-corrected chi connectivity index (χ1v) is 29.6. The molecule has 10 heteroatoms. The number of aryl methyl sites for hydroxylation is 3. The average molecular weight is 1050 g/mol. The molecule has 9 nitrogen and oxygen atoms in total. The number of fused-ring (bicyclic) bond motifs is 1. The molecule has 1 aromatic heterocycles. The van der Waals surface area contributed by atoms with E-state index < -0.39 is 5.92 Å². The van der Waals surface area contributed by atoms with Crippen LogP contribution in [0, 0.1) is 44.3 Å². The lowest BCUT2D eigenvalue weighted by molar-refractivity contribution is -0.884. The fraction of sp³-hybridized carbons (Fsp3) is 0.636. The van der Waals surface area contributed by atoms with Gasteiger partial charge < -0.3 is 29.1 Å². The van der Waals surface area contributed by atoms with Crippen LogP contribution in [0.25, 0.3) is 5.57 Å². The molecule has 1 saturated carbocycles. The Kier molecular flexibility index (Phi) is 28.8. The van der Waals surface area contributed by atoms with E-state index in [4.69, 9.17) is 9.72 Å². The van der Waals surface area contributed by atoms with Crippen LogP contribution in [-0.4, -0.2) is 81.2 Å². The van der Waals surface area contributed by atoms with E-state index in [1.165, 1.54) is 95.0 Å². The second-order valence-electron chi connectivity index (χ2n) is 23.3. The molecule has 0 radical (unpaired) electrons. The minimum absolute atomic E-state index is 0.0297. The van der Waals surface area contributed by atoms with Crippen molar-refractivity contribution < 1.29 is 28.0 Å². The van der Waals surface area contributed by atoms with E-state index in [9.17, 15) is 18.8 Å². The van der Waals surface area contributed by atoms with Crippen LogP contribution >= 0.6 is 0 Å². The van der Waals surface area contributed by atoms with Gasteiger partial charge in [0.2, 0.25) is 0 Å². The molecule has 0 spiro atoms. The van der Waals surface area contributed by atoms with Crippen LogP contribution < -0.4 is 15.1 Å². The van der Waals surface area contributed by atoms with Gasteiger partial charge in [-0.2, -0.15) is 0 Å². The summed E-state index contributed by atoms with van der Waals surface area (Å²) in [4.78, 5) is 46.5. The van der Waals surface area contributed by atoms with Crippen molar-refractivity contribution in [3.63, 3.8) is 0 Å². The first-order valence-electron chi connectivity index (χ1n) is 29.6. The highest BCUT2D eigenvalue weighted by molar-refractivity contribution is 5.97. The molecule has 3 aromatic rings. The third-order valence-electron chi connectivity index (χ3n) is 15.2. The number of allylic oxidation sites excluding steroid dienone is 1. The first-order chi connectivity index (χ1) is 36.1. The molecule has 3 unspecified atom stereocenters. The molecule has 1 N–H and O–H groups in total. The summed E-state index contributed by atoms with van der Waals surface area (Å²) in [6, 6.07) is 13.9. The van der Waals surface area contributed by atoms with Gasteiger partial charge in [-0.15, -0.1) is 0 Å². The normalized spacial score (nSPS) is 17.2. The largest absolute Gasteiger partial charge is 0.500 e. The minimum Gasteiger partial charge on any atom is -0.500 e. The highest BCUT2D eigenvalue weighted by Crippen LogP contribution is 2.40. The van der Waals surface area contributed by atoms with Gasteiger partial charge in [-0.1, -0.05) is 132 Å². The summed E-state index contributed by atoms with van der Waals surface area (Å²) in [7, 11) is 8.29. The Labute approximate surface area is 462 Å². The average Bonchev–Trinajstić information content (AvgIpc) is 4.06. The zero-order valence-corrected chi connectivity index (χ0v) is 50.8. The number of carbonyl (C=O) groups excluding carboxylic acids is 3. The van der Waals surface area contributed by atoms with Crippen LogP contribution in [0.5, 0.6) is 0 Å². The molecule has 1 saturated heterocycles. The molecule has 3 atom stereocenters. The van der Waals surface area contributed by atoms with Gasteiger partial charge in [0.05, 0.1) is 56.8 Å². The van der Waals surface area contributed by atoms with E-state index in [0.29, 0.717) is 24.8 Å². The Morgan fingerprint density at radius 1 is 0.882 bits per heavy atom. The monoisotopic (exact) mass is 1050 g/mol. The molecule has 3 aliphatic heterocycles. The number of methoxy groups -OCH3 is 1. The molecular weight excluding hydrogens is 946 g/mol. The zero-order valence-electron chi connectivity index (χ0n) is 50.8. The molecule has 1 aliphatic carbocycles. The Morgan fingerprint density at radius 2 is 1.54 bits per heavy atom. The van der Waals surface area contributed by atoms with Crippen LogP contribution in [0.4, 0.5) is 21.5 Å². The number of hydrogen-bond acceptors (Lipinski definition) is 8. The second kappa shape index (κ2) is 33.5. The molecule has 0 bridgehead atoms. The predicted molar refractivity (Wildman–Crippen MR) is 321 cm³/mol. The van der Waals surface area contributed by atoms with E-state index in [1.54, 1.807) is 7.11 Å². The third-order valence-corrected chi connectivity index (χ3v) is 15.2. The fourth-order valence-corrected chi connectivity index (χ4v) is 10.5. The quantitative estimate of drug-likeness (QED) is 0.0680. The van der Waals surface area contributed by atoms with Crippen molar-refractivity contribution in [1.82, 2.24) is 4.98 Å². The fourth-order valence-electron chi connectivity index (χ4n) is 10.5. The Balaban J connectivity index is 0.000000332. The summed E-state index contributed by atoms with van der Waals surface area (Å²) in [5.41, 5.74) is 9.34. The van der Waals surface area contributed by atoms with Crippen molar-refractivity contribution >= 4 is 40.0 Å². The number of quaternary nitrogens is 1. The maximum Gasteiger partial charge on any atom is 0.163 e. The summed E-state index contributed by atoms with van der Waals surface area (Å²) in [6.45, 7) is 28.5. The lowest BCUT2D eigenvalue weighted by Gasteiger charge is -2.39. The van der Waals surface area contributed by atoms with E-state index in [0.717, 1.165) is 119 Å². The molecular formula is C66H105FN5O4+. The number of carbonyl (C=O) groups is 3. The number of rotatable bonds is 20. The zero-order chi connectivity index (χ0) is 56.5. The maximum absolute atomic E-state index is 14.4. The second-order valence-corrected chi connectivity index (χ2v) is 23.3. The van der Waals surface area contributed by atoms with Gasteiger partial charge >= 0.3 is 0 Å². The number of Topliss-reactive ketones (excluding diaryl/α,β-unsaturated/α-hetero) is 3. The summed E-state index contributed by atoms with van der Waals surface area (Å²) >= 11 is 0. The number of nitrogens with one attached hydrogen (secondary N) is 1. The van der Waals surface area contributed by atoms with E-state index in [-0.39, 0.29) is 29.1 Å². The molecule has 7 rings (SSSR count). The number of ketones is 3. The lowest BCUT2D eigenvalue weighted by Crippen LogP contribution is -2.45. The molecule has 424 valence electrons. The highest BCUT2D eigenvalue weighted by Gasteiger charge is 2.31. The topological polar surface area (TPSA) is 91.8 Å². The van der Waals surface area contributed by atoms with Crippen molar-refractivity contribution in [3.05, 3.63) is 99.6 Å². The van der Waals surface area contributed by atoms with Crippen LogP contribution in [0.3, 0.4) is 0 Å². The number of likely N-dealkylation sites (N-methyl/N-ethyl adjacent to an activating group) is 1. The number of ether oxygens (including phenoxy) is 1. The molecule has 0 amide bonds. The summed E-state index contributed by atoms with van der Waals surface area (Å²) in [6.07, 6.45) is 22.4. The number of unbranched alkanes of at least 4 members (excludes halogenated alkanes) is 2. The van der Waals surface area contributed by atoms with Gasteiger partial charge in [0, 0.05) is 67.3 Å². The van der Waals surface area contributed by atoms with E-state index >= 15 is 0 Å². The smallest absolute Gasteiger partial charge is 0.163 e. The Morgan fingerprint density at radius 3 is 2.11 bits per heavy atom. The lowest BCUT2D eigenvalue weighted by atomic mass is 9.81. The Hall–Kier alpha value is -4.83. The van der Waals surface area contributed by atoms with Gasteiger partial charge in [-0.05, 0) is 119 Å². The van der Waals surface area contributed by atoms with Crippen molar-refractivity contribution in [1.29, 1.82) is 0 Å². The van der Waals surface area contributed by atoms with Crippen molar-refractivity contribution in [2.24, 2.45) is 17.8 Å². The van der Waals surface area contributed by atoms with Gasteiger partial charge in [-0.25, -0.2) is 4.39 Å². The number of halogens is 1. The van der Waals surface area contributed by atoms with Crippen LogP contribution in [0.2, 0.25) is 0 Å². The molecule has 4 heterocycles. The molecule has 2 fully saturated rings. The number of benzene rings is 2. The van der Waals surface area contributed by atoms with E-state index in [2.05, 4.69) is 102 Å². The number of pyridine rings is 1.